The summed E-state index contributed by atoms with van der Waals surface area (Å²) in [5.41, 5.74) is 4.05. The Kier molecular flexibility index (Phi) is 11.1. The number of benzene rings is 4. The highest BCUT2D eigenvalue weighted by atomic mass is 16.2. The zero-order valence-corrected chi connectivity index (χ0v) is 28.1. The number of likely N-dealkylation sites (N-methyl/N-ethyl adjacent to an activating group) is 2. The predicted molar refractivity (Wildman–Crippen MR) is 186 cm³/mol. The molecule has 0 saturated carbocycles. The second-order valence-corrected chi connectivity index (χ2v) is 12.4. The molecule has 0 radical (unpaired) electrons. The number of amides is 4. The summed E-state index contributed by atoms with van der Waals surface area (Å²) in [5, 5.41) is 0. The van der Waals surface area contributed by atoms with Crippen LogP contribution in [-0.4, -0.2) is 69.4 Å². The van der Waals surface area contributed by atoms with Gasteiger partial charge in [-0.1, -0.05) is 128 Å². The Hall–Kier alpha value is -5.24. The number of carbonyl (C=O) groups is 4. The number of rotatable bonds is 8. The van der Waals surface area contributed by atoms with Crippen LogP contribution in [0.2, 0.25) is 0 Å². The van der Waals surface area contributed by atoms with Crippen molar-refractivity contribution in [2.75, 3.05) is 14.1 Å². The van der Waals surface area contributed by atoms with Crippen LogP contribution in [-0.2, 0) is 32.0 Å². The van der Waals surface area contributed by atoms with Crippen molar-refractivity contribution in [1.29, 1.82) is 0 Å². The molecule has 8 nitrogen and oxygen atoms in total. The summed E-state index contributed by atoms with van der Waals surface area (Å²) in [5.74, 6) is -0.0625. The van der Waals surface area contributed by atoms with E-state index >= 15 is 0 Å². The van der Waals surface area contributed by atoms with Gasteiger partial charge in [0.05, 0.1) is 0 Å². The normalized spacial score (nSPS) is 20.5. The lowest BCUT2D eigenvalue weighted by Crippen LogP contribution is -2.40. The predicted octanol–water partition coefficient (Wildman–Crippen LogP) is 6.01. The van der Waals surface area contributed by atoms with Crippen LogP contribution < -0.4 is 0 Å². The average Bonchev–Trinajstić information content (AvgIpc) is 3.51. The van der Waals surface area contributed by atoms with Crippen LogP contribution in [0.1, 0.15) is 61.3 Å². The van der Waals surface area contributed by atoms with Gasteiger partial charge in [-0.15, -0.1) is 0 Å². The highest BCUT2D eigenvalue weighted by Gasteiger charge is 2.47. The second kappa shape index (κ2) is 15.6. The van der Waals surface area contributed by atoms with Crippen molar-refractivity contribution in [1.82, 2.24) is 19.6 Å². The molecule has 2 fully saturated rings. The summed E-state index contributed by atoms with van der Waals surface area (Å²) in [4.78, 5) is 57.7. The standard InChI is InChI=1S/C21H24N2O2.C19H20N2O2/c1-3-10-19(24)23-18(15-16-11-6-4-7-12-16)21(25)22(2)20(23)17-13-8-5-9-14-17;1-14(22)21-17(13-15-9-5-3-6-10-15)19(23)20(2)18(21)16-11-7-4-8-12-16/h4-9,11-14,18,20H,3,10,15H2,1-2H3;3-12,17-18H,13H2,1-2H3. The second-order valence-electron chi connectivity index (χ2n) is 12.4. The fourth-order valence-electron chi connectivity index (χ4n) is 6.77. The number of hydrogen-bond donors (Lipinski definition) is 0. The average molecular weight is 645 g/mol. The number of carbonyl (C=O) groups excluding carboxylic acids is 4. The fraction of sp³-hybridized carbons (Fsp3) is 0.300. The Morgan fingerprint density at radius 3 is 1.29 bits per heavy atom. The quantitative estimate of drug-likeness (QED) is 0.235. The summed E-state index contributed by atoms with van der Waals surface area (Å²) in [6.45, 7) is 3.52. The molecule has 4 aromatic rings. The van der Waals surface area contributed by atoms with E-state index in [9.17, 15) is 19.2 Å². The maximum absolute atomic E-state index is 12.9. The first-order chi connectivity index (χ1) is 23.2. The smallest absolute Gasteiger partial charge is 0.247 e. The topological polar surface area (TPSA) is 81.2 Å². The minimum atomic E-state index is -0.454. The molecular weight excluding hydrogens is 600 g/mol. The molecule has 8 heteroatoms. The van der Waals surface area contributed by atoms with E-state index in [1.165, 1.54) is 6.92 Å². The van der Waals surface area contributed by atoms with Gasteiger partial charge in [-0.2, -0.15) is 0 Å². The molecule has 48 heavy (non-hydrogen) atoms. The van der Waals surface area contributed by atoms with Gasteiger partial charge in [-0.3, -0.25) is 19.2 Å². The van der Waals surface area contributed by atoms with Crippen molar-refractivity contribution in [2.24, 2.45) is 0 Å². The first kappa shape index (κ1) is 34.1. The summed E-state index contributed by atoms with van der Waals surface area (Å²) in [7, 11) is 3.55. The fourth-order valence-corrected chi connectivity index (χ4v) is 6.77. The minimum absolute atomic E-state index is 0.00200. The van der Waals surface area contributed by atoms with E-state index in [4.69, 9.17) is 0 Å². The van der Waals surface area contributed by atoms with E-state index in [0.717, 1.165) is 28.7 Å². The molecule has 248 valence electrons. The molecule has 0 N–H and O–H groups in total. The van der Waals surface area contributed by atoms with Gasteiger partial charge in [0.25, 0.3) is 0 Å². The van der Waals surface area contributed by atoms with Crippen LogP contribution in [0, 0.1) is 0 Å². The lowest BCUT2D eigenvalue weighted by molar-refractivity contribution is -0.136. The molecule has 4 amide bonds. The van der Waals surface area contributed by atoms with Gasteiger partial charge >= 0.3 is 0 Å². The summed E-state index contributed by atoms with van der Waals surface area (Å²) < 4.78 is 0. The molecule has 4 aromatic carbocycles. The van der Waals surface area contributed by atoms with Gasteiger partial charge in [0.2, 0.25) is 23.6 Å². The van der Waals surface area contributed by atoms with Crippen LogP contribution in [0.4, 0.5) is 0 Å². The molecule has 2 saturated heterocycles. The van der Waals surface area contributed by atoms with Gasteiger partial charge in [-0.05, 0) is 28.7 Å². The Bertz CT molecular complexity index is 1680. The van der Waals surface area contributed by atoms with Crippen molar-refractivity contribution in [3.05, 3.63) is 144 Å². The highest BCUT2D eigenvalue weighted by molar-refractivity contribution is 5.92. The Morgan fingerprint density at radius 1 is 0.562 bits per heavy atom. The van der Waals surface area contributed by atoms with Crippen LogP contribution in [0.5, 0.6) is 0 Å². The summed E-state index contributed by atoms with van der Waals surface area (Å²) in [6.07, 6.45) is 1.63. The Morgan fingerprint density at radius 2 is 0.917 bits per heavy atom. The van der Waals surface area contributed by atoms with Crippen molar-refractivity contribution in [2.45, 2.75) is 63.9 Å². The third-order valence-corrected chi connectivity index (χ3v) is 9.05. The van der Waals surface area contributed by atoms with E-state index in [-0.39, 0.29) is 36.0 Å². The van der Waals surface area contributed by atoms with Crippen molar-refractivity contribution in [3.63, 3.8) is 0 Å². The molecule has 0 aliphatic carbocycles. The van der Waals surface area contributed by atoms with Crippen LogP contribution in [0.3, 0.4) is 0 Å². The molecule has 6 rings (SSSR count). The van der Waals surface area contributed by atoms with E-state index in [2.05, 4.69) is 0 Å². The zero-order valence-electron chi connectivity index (χ0n) is 28.1. The molecule has 0 bridgehead atoms. The van der Waals surface area contributed by atoms with Gasteiger partial charge in [0.1, 0.15) is 24.4 Å². The van der Waals surface area contributed by atoms with E-state index < -0.39 is 12.1 Å². The zero-order chi connectivity index (χ0) is 34.2. The van der Waals surface area contributed by atoms with Crippen LogP contribution in [0.25, 0.3) is 0 Å². The highest BCUT2D eigenvalue weighted by Crippen LogP contribution is 2.36. The van der Waals surface area contributed by atoms with Gasteiger partial charge < -0.3 is 19.6 Å². The Balaban J connectivity index is 0.000000188. The molecule has 0 aromatic heterocycles. The van der Waals surface area contributed by atoms with Crippen LogP contribution >= 0.6 is 0 Å². The van der Waals surface area contributed by atoms with E-state index in [1.54, 1.807) is 33.7 Å². The minimum Gasteiger partial charge on any atom is -0.319 e. The third kappa shape index (κ3) is 7.33. The SMILES string of the molecule is CC(=O)N1C(Cc2ccccc2)C(=O)N(C)C1c1ccccc1.CCCC(=O)N1C(Cc2ccccc2)C(=O)N(C)C1c1ccccc1. The molecule has 4 atom stereocenters. The molecular formula is C40H44N4O4. The molecule has 2 aliphatic rings. The van der Waals surface area contributed by atoms with E-state index in [0.29, 0.717) is 19.3 Å². The molecule has 2 aliphatic heterocycles. The van der Waals surface area contributed by atoms with E-state index in [1.807, 2.05) is 128 Å². The summed E-state index contributed by atoms with van der Waals surface area (Å²) in [6, 6.07) is 38.3. The number of hydrogen-bond acceptors (Lipinski definition) is 4. The van der Waals surface area contributed by atoms with Gasteiger partial charge in [0.15, 0.2) is 0 Å². The van der Waals surface area contributed by atoms with Crippen LogP contribution in [0.15, 0.2) is 121 Å². The lowest BCUT2D eigenvalue weighted by atomic mass is 10.0. The largest absolute Gasteiger partial charge is 0.319 e. The third-order valence-electron chi connectivity index (χ3n) is 9.05. The van der Waals surface area contributed by atoms with Gasteiger partial charge in [-0.25, -0.2) is 0 Å². The van der Waals surface area contributed by atoms with Gasteiger partial charge in [0, 0.05) is 40.3 Å². The monoisotopic (exact) mass is 644 g/mol. The number of nitrogens with zero attached hydrogens (tertiary/aromatic N) is 4. The maximum atomic E-state index is 12.9. The summed E-state index contributed by atoms with van der Waals surface area (Å²) >= 11 is 0. The molecule has 4 unspecified atom stereocenters. The van der Waals surface area contributed by atoms with Crippen molar-refractivity contribution < 1.29 is 19.2 Å². The first-order valence-corrected chi connectivity index (χ1v) is 16.5. The Labute approximate surface area is 283 Å². The lowest BCUT2D eigenvalue weighted by Gasteiger charge is -2.30. The molecule has 2 heterocycles. The molecule has 0 spiro atoms. The first-order valence-electron chi connectivity index (χ1n) is 16.5. The van der Waals surface area contributed by atoms with Crippen molar-refractivity contribution in [3.8, 4) is 0 Å². The maximum Gasteiger partial charge on any atom is 0.247 e. The van der Waals surface area contributed by atoms with Crippen molar-refractivity contribution >= 4 is 23.6 Å².